The molecule has 1 amide bonds. The zero-order chi connectivity index (χ0) is 13.3. The Hall–Kier alpha value is -0.840. The summed E-state index contributed by atoms with van der Waals surface area (Å²) in [6, 6.07) is 0.316. The average Bonchev–Trinajstić information content (AvgIpc) is 2.56. The smallest absolute Gasteiger partial charge is 0.270 e. The van der Waals surface area contributed by atoms with E-state index >= 15 is 0 Å². The third-order valence-electron chi connectivity index (χ3n) is 3.72. The zero-order valence-corrected chi connectivity index (χ0v) is 12.7. The first-order valence-corrected chi connectivity index (χ1v) is 7.28. The molecule has 1 aromatic rings. The number of halogens is 1. The summed E-state index contributed by atoms with van der Waals surface area (Å²) in [6.45, 7) is 4.17. The molecule has 1 fully saturated rings. The normalized spacial score (nSPS) is 24.0. The average molecular weight is 314 g/mol. The van der Waals surface area contributed by atoms with Crippen molar-refractivity contribution >= 4 is 21.8 Å². The Morgan fingerprint density at radius 3 is 2.50 bits per heavy atom. The largest absolute Gasteiger partial charge is 0.348 e. The van der Waals surface area contributed by atoms with Crippen LogP contribution >= 0.6 is 15.9 Å². The first kappa shape index (κ1) is 13.6. The molecule has 1 saturated carbocycles. The minimum Gasteiger partial charge on any atom is -0.348 e. The minimum absolute atomic E-state index is 0.0236. The van der Waals surface area contributed by atoms with Crippen molar-refractivity contribution in [2.24, 2.45) is 13.0 Å². The fraction of sp³-hybridized carbons (Fsp3) is 0.692. The Morgan fingerprint density at radius 2 is 2.00 bits per heavy atom. The molecule has 4 nitrogen and oxygen atoms in total. The lowest BCUT2D eigenvalue weighted by molar-refractivity contribution is 0.0912. The van der Waals surface area contributed by atoms with E-state index in [0.29, 0.717) is 11.7 Å². The highest BCUT2D eigenvalue weighted by Gasteiger charge is 2.23. The van der Waals surface area contributed by atoms with Crippen molar-refractivity contribution in [3.05, 3.63) is 15.9 Å². The number of carbonyl (C=O) groups excluding carboxylic acids is 1. The van der Waals surface area contributed by atoms with Crippen LogP contribution in [0.15, 0.2) is 4.47 Å². The maximum Gasteiger partial charge on any atom is 0.270 e. The van der Waals surface area contributed by atoms with Gasteiger partial charge in [-0.05, 0) is 54.5 Å². The van der Waals surface area contributed by atoms with Crippen LogP contribution in [0.1, 0.15) is 48.8 Å². The molecule has 0 atom stereocenters. The van der Waals surface area contributed by atoms with E-state index in [9.17, 15) is 4.79 Å². The Labute approximate surface area is 116 Å². The summed E-state index contributed by atoms with van der Waals surface area (Å²) in [5, 5.41) is 7.37. The maximum absolute atomic E-state index is 12.2. The summed E-state index contributed by atoms with van der Waals surface area (Å²) in [7, 11) is 1.80. The van der Waals surface area contributed by atoms with Gasteiger partial charge in [-0.3, -0.25) is 9.48 Å². The second-order valence-corrected chi connectivity index (χ2v) is 6.09. The number of hydrogen-bond acceptors (Lipinski definition) is 2. The number of aryl methyl sites for hydroxylation is 2. The molecule has 1 heterocycles. The van der Waals surface area contributed by atoms with Crippen molar-refractivity contribution in [1.29, 1.82) is 0 Å². The number of carbonyl (C=O) groups is 1. The van der Waals surface area contributed by atoms with Gasteiger partial charge in [-0.1, -0.05) is 6.92 Å². The van der Waals surface area contributed by atoms with Crippen LogP contribution < -0.4 is 5.32 Å². The molecule has 0 radical (unpaired) electrons. The van der Waals surface area contributed by atoms with Gasteiger partial charge in [0, 0.05) is 13.1 Å². The van der Waals surface area contributed by atoms with Crippen LogP contribution in [-0.2, 0) is 7.05 Å². The Bertz CT molecular complexity index is 447. The van der Waals surface area contributed by atoms with Crippen molar-refractivity contribution in [2.45, 2.75) is 45.6 Å². The first-order chi connectivity index (χ1) is 8.49. The molecule has 1 aliphatic rings. The van der Waals surface area contributed by atoms with Gasteiger partial charge in [0.15, 0.2) is 0 Å². The van der Waals surface area contributed by atoms with Crippen LogP contribution in [0.5, 0.6) is 0 Å². The molecular weight excluding hydrogens is 294 g/mol. The second-order valence-electron chi connectivity index (χ2n) is 5.30. The van der Waals surface area contributed by atoms with Gasteiger partial charge in [0.2, 0.25) is 0 Å². The topological polar surface area (TPSA) is 46.9 Å². The van der Waals surface area contributed by atoms with E-state index in [0.717, 1.165) is 28.9 Å². The summed E-state index contributed by atoms with van der Waals surface area (Å²) in [4.78, 5) is 12.2. The molecule has 5 heteroatoms. The van der Waals surface area contributed by atoms with Gasteiger partial charge in [-0.2, -0.15) is 5.10 Å². The second kappa shape index (κ2) is 5.43. The summed E-state index contributed by atoms with van der Waals surface area (Å²) in [6.07, 6.45) is 4.58. The summed E-state index contributed by atoms with van der Waals surface area (Å²) in [5.41, 5.74) is 1.46. The van der Waals surface area contributed by atoms with Gasteiger partial charge < -0.3 is 5.32 Å². The predicted molar refractivity (Wildman–Crippen MR) is 74.5 cm³/mol. The van der Waals surface area contributed by atoms with Crippen molar-refractivity contribution < 1.29 is 4.79 Å². The zero-order valence-electron chi connectivity index (χ0n) is 11.2. The molecule has 0 spiro atoms. The van der Waals surface area contributed by atoms with E-state index in [1.54, 1.807) is 11.7 Å². The van der Waals surface area contributed by atoms with Crippen molar-refractivity contribution in [2.75, 3.05) is 0 Å². The standard InChI is InChI=1S/C13H20BrN3O/c1-8-4-6-10(7-5-8)15-13(18)12-11(14)9(2)16-17(12)3/h8,10H,4-7H2,1-3H3,(H,15,18). The van der Waals surface area contributed by atoms with Crippen molar-refractivity contribution in [3.8, 4) is 0 Å². The van der Waals surface area contributed by atoms with E-state index in [-0.39, 0.29) is 5.91 Å². The molecule has 1 N–H and O–H groups in total. The predicted octanol–water partition coefficient (Wildman–Crippen LogP) is 2.80. The van der Waals surface area contributed by atoms with Crippen LogP contribution in [-0.4, -0.2) is 21.7 Å². The Kier molecular flexibility index (Phi) is 4.10. The van der Waals surface area contributed by atoms with Gasteiger partial charge >= 0.3 is 0 Å². The molecule has 0 aliphatic heterocycles. The number of aromatic nitrogens is 2. The highest BCUT2D eigenvalue weighted by molar-refractivity contribution is 9.10. The van der Waals surface area contributed by atoms with Crippen LogP contribution in [0.2, 0.25) is 0 Å². The van der Waals surface area contributed by atoms with Crippen LogP contribution in [0.3, 0.4) is 0 Å². The van der Waals surface area contributed by atoms with E-state index in [1.165, 1.54) is 12.8 Å². The van der Waals surface area contributed by atoms with Gasteiger partial charge in [0.1, 0.15) is 5.69 Å². The molecule has 0 bridgehead atoms. The first-order valence-electron chi connectivity index (χ1n) is 6.49. The molecule has 1 aliphatic carbocycles. The van der Waals surface area contributed by atoms with Gasteiger partial charge in [0.25, 0.3) is 5.91 Å². The molecule has 2 rings (SSSR count). The summed E-state index contributed by atoms with van der Waals surface area (Å²) >= 11 is 3.43. The number of nitrogens with one attached hydrogen (secondary N) is 1. The summed E-state index contributed by atoms with van der Waals surface area (Å²) < 4.78 is 2.44. The minimum atomic E-state index is -0.0236. The monoisotopic (exact) mass is 313 g/mol. The van der Waals surface area contributed by atoms with E-state index in [4.69, 9.17) is 0 Å². The maximum atomic E-state index is 12.2. The number of hydrogen-bond donors (Lipinski definition) is 1. The lowest BCUT2D eigenvalue weighted by Crippen LogP contribution is -2.38. The Balaban J connectivity index is 2.04. The Morgan fingerprint density at radius 1 is 1.39 bits per heavy atom. The molecule has 0 unspecified atom stereocenters. The summed E-state index contributed by atoms with van der Waals surface area (Å²) in [5.74, 6) is 0.772. The van der Waals surface area contributed by atoms with E-state index < -0.39 is 0 Å². The number of nitrogens with zero attached hydrogens (tertiary/aromatic N) is 2. The van der Waals surface area contributed by atoms with Gasteiger partial charge in [0.05, 0.1) is 10.2 Å². The lowest BCUT2D eigenvalue weighted by Gasteiger charge is -2.26. The van der Waals surface area contributed by atoms with Gasteiger partial charge in [-0.15, -0.1) is 0 Å². The highest BCUT2D eigenvalue weighted by Crippen LogP contribution is 2.25. The fourth-order valence-electron chi connectivity index (χ4n) is 2.54. The third kappa shape index (κ3) is 2.76. The molecule has 0 saturated heterocycles. The highest BCUT2D eigenvalue weighted by atomic mass is 79.9. The number of rotatable bonds is 2. The molecule has 1 aromatic heterocycles. The molecular formula is C13H20BrN3O. The van der Waals surface area contributed by atoms with Crippen molar-refractivity contribution in [1.82, 2.24) is 15.1 Å². The van der Waals surface area contributed by atoms with Crippen LogP contribution in [0, 0.1) is 12.8 Å². The van der Waals surface area contributed by atoms with Crippen LogP contribution in [0.4, 0.5) is 0 Å². The van der Waals surface area contributed by atoms with E-state index in [2.05, 4.69) is 33.3 Å². The SMILES string of the molecule is Cc1nn(C)c(C(=O)NC2CCC(C)CC2)c1Br. The number of amides is 1. The van der Waals surface area contributed by atoms with Crippen molar-refractivity contribution in [3.63, 3.8) is 0 Å². The fourth-order valence-corrected chi connectivity index (χ4v) is 3.05. The van der Waals surface area contributed by atoms with E-state index in [1.807, 2.05) is 6.92 Å². The molecule has 100 valence electrons. The third-order valence-corrected chi connectivity index (χ3v) is 4.66. The quantitative estimate of drug-likeness (QED) is 0.912. The molecule has 0 aromatic carbocycles. The molecule has 18 heavy (non-hydrogen) atoms. The van der Waals surface area contributed by atoms with Gasteiger partial charge in [-0.25, -0.2) is 0 Å². The lowest BCUT2D eigenvalue weighted by atomic mass is 9.87. The van der Waals surface area contributed by atoms with Crippen LogP contribution in [0.25, 0.3) is 0 Å².